The second-order valence-corrected chi connectivity index (χ2v) is 20.9. The average molecular weight is 848 g/mol. The van der Waals surface area contributed by atoms with E-state index in [0.717, 1.165) is 17.8 Å². The number of thiophene rings is 1. The summed E-state index contributed by atoms with van der Waals surface area (Å²) in [6, 6.07) is 63.7. The fraction of sp³-hybridized carbons (Fsp3) is 0.194. The minimum atomic E-state index is -0.000303. The topological polar surface area (TPSA) is 3.24 Å². The van der Waals surface area contributed by atoms with Gasteiger partial charge in [0.15, 0.2) is 0 Å². The fourth-order valence-corrected chi connectivity index (χ4v) is 11.1. The molecule has 0 bridgehead atoms. The Kier molecular flexibility index (Phi) is 10.5. The molecule has 1 unspecified atom stereocenters. The number of rotatable bonds is 7. The number of allylic oxidation sites excluding steroid dienone is 3. The van der Waals surface area contributed by atoms with Crippen molar-refractivity contribution < 1.29 is 0 Å². The first-order valence-corrected chi connectivity index (χ1v) is 23.7. The molecule has 1 heterocycles. The van der Waals surface area contributed by atoms with Crippen LogP contribution in [0.5, 0.6) is 0 Å². The monoisotopic (exact) mass is 847 g/mol. The van der Waals surface area contributed by atoms with Crippen LogP contribution in [0.1, 0.15) is 77.1 Å². The second kappa shape index (κ2) is 16.3. The summed E-state index contributed by atoms with van der Waals surface area (Å²) in [5.41, 5.74) is 17.5. The summed E-state index contributed by atoms with van der Waals surface area (Å²) >= 11 is 1.91. The van der Waals surface area contributed by atoms with Gasteiger partial charge in [0.2, 0.25) is 0 Å². The predicted octanol–water partition coefficient (Wildman–Crippen LogP) is 18.3. The summed E-state index contributed by atoms with van der Waals surface area (Å²) in [4.78, 5) is 2.59. The maximum absolute atomic E-state index is 2.59. The fourth-order valence-electron chi connectivity index (χ4n) is 9.79. The quantitative estimate of drug-likeness (QED) is 0.154. The highest BCUT2D eigenvalue weighted by atomic mass is 32.1. The Morgan fingerprint density at radius 1 is 0.516 bits per heavy atom. The van der Waals surface area contributed by atoms with Crippen LogP contribution in [-0.2, 0) is 10.8 Å². The zero-order valence-electron chi connectivity index (χ0n) is 38.5. The highest BCUT2D eigenvalue weighted by molar-refractivity contribution is 7.26. The number of para-hydroxylation sites is 2. The largest absolute Gasteiger partial charge is 0.309 e. The van der Waals surface area contributed by atoms with Gasteiger partial charge in [0.05, 0.1) is 11.4 Å². The van der Waals surface area contributed by atoms with Crippen LogP contribution in [0.4, 0.5) is 11.4 Å². The van der Waals surface area contributed by atoms with Crippen molar-refractivity contribution in [3.05, 3.63) is 210 Å². The number of hydrogen-bond donors (Lipinski definition) is 0. The second-order valence-electron chi connectivity index (χ2n) is 19.9. The lowest BCUT2D eigenvalue weighted by Crippen LogP contribution is -2.22. The van der Waals surface area contributed by atoms with Gasteiger partial charge >= 0.3 is 0 Å². The minimum absolute atomic E-state index is 0.000303. The minimum Gasteiger partial charge on any atom is -0.309 e. The first kappa shape index (κ1) is 41.5. The molecule has 0 radical (unpaired) electrons. The Morgan fingerprint density at radius 3 is 1.80 bits per heavy atom. The molecule has 1 nitrogen and oxygen atoms in total. The molecule has 0 N–H and O–H groups in total. The van der Waals surface area contributed by atoms with E-state index < -0.39 is 0 Å². The van der Waals surface area contributed by atoms with Crippen molar-refractivity contribution in [3.63, 3.8) is 0 Å². The first-order valence-electron chi connectivity index (χ1n) is 22.9. The van der Waals surface area contributed by atoms with Crippen LogP contribution < -0.4 is 4.90 Å². The van der Waals surface area contributed by atoms with Gasteiger partial charge in [-0.25, -0.2) is 0 Å². The van der Waals surface area contributed by atoms with Crippen LogP contribution >= 0.6 is 11.3 Å². The Labute approximate surface area is 384 Å². The van der Waals surface area contributed by atoms with Gasteiger partial charge in [-0.3, -0.25) is 0 Å². The lowest BCUT2D eigenvalue weighted by molar-refractivity contribution is 0.569. The molecular formula is C62H57NS. The van der Waals surface area contributed by atoms with E-state index >= 15 is 0 Å². The van der Waals surface area contributed by atoms with Crippen LogP contribution in [0.15, 0.2) is 188 Å². The van der Waals surface area contributed by atoms with Gasteiger partial charge in [-0.15, -0.1) is 11.3 Å². The molecular weight excluding hydrogens is 791 g/mol. The van der Waals surface area contributed by atoms with Gasteiger partial charge in [-0.1, -0.05) is 212 Å². The summed E-state index contributed by atoms with van der Waals surface area (Å²) in [5.74, 6) is 0.356. The Morgan fingerprint density at radius 2 is 1.09 bits per heavy atom. The van der Waals surface area contributed by atoms with E-state index in [1.54, 1.807) is 0 Å². The summed E-state index contributed by atoms with van der Waals surface area (Å²) in [6.45, 7) is 18.6. The Bertz CT molecular complexity index is 3250. The number of nitrogens with zero attached hydrogens (tertiary/aromatic N) is 1. The smallest absolute Gasteiger partial charge is 0.0540 e. The van der Waals surface area contributed by atoms with Crippen LogP contribution in [-0.4, -0.2) is 0 Å². The normalized spacial score (nSPS) is 14.5. The van der Waals surface area contributed by atoms with Gasteiger partial charge in [0, 0.05) is 48.1 Å². The number of anilines is 2. The van der Waals surface area contributed by atoms with Crippen molar-refractivity contribution in [3.8, 4) is 33.4 Å². The molecule has 2 heteroatoms. The molecule has 64 heavy (non-hydrogen) atoms. The SMILES string of the molecule is Cc1cccc2sc3c(-c4ccccc4N(C4=CCC(C)C=C4c4cccc5cccc(-c6cc(C(C)(C)C)cc(C(C)(C)C)c6)c45)c4ccccc4-c4ccccc4)cccc3c12. The summed E-state index contributed by atoms with van der Waals surface area (Å²) < 4.78 is 2.65. The third-order valence-corrected chi connectivity index (χ3v) is 14.4. The zero-order chi connectivity index (χ0) is 44.3. The number of benzene rings is 8. The maximum atomic E-state index is 2.59. The summed E-state index contributed by atoms with van der Waals surface area (Å²) in [6.07, 6.45) is 6.00. The Hall–Kier alpha value is -6.48. The van der Waals surface area contributed by atoms with Crippen molar-refractivity contribution in [1.82, 2.24) is 0 Å². The molecule has 9 aromatic rings. The molecule has 1 aliphatic carbocycles. The molecule has 8 aromatic carbocycles. The first-order chi connectivity index (χ1) is 30.8. The molecule has 0 saturated heterocycles. The number of fused-ring (bicyclic) bond motifs is 4. The van der Waals surface area contributed by atoms with Gasteiger partial charge in [-0.2, -0.15) is 0 Å². The van der Waals surface area contributed by atoms with Crippen LogP contribution in [0.3, 0.4) is 0 Å². The third kappa shape index (κ3) is 7.48. The van der Waals surface area contributed by atoms with Gasteiger partial charge in [-0.05, 0) is 98.0 Å². The van der Waals surface area contributed by atoms with Crippen LogP contribution in [0.25, 0.3) is 69.9 Å². The van der Waals surface area contributed by atoms with Crippen molar-refractivity contribution in [2.24, 2.45) is 5.92 Å². The van der Waals surface area contributed by atoms with Crippen LogP contribution in [0.2, 0.25) is 0 Å². The van der Waals surface area contributed by atoms with Crippen molar-refractivity contribution in [2.75, 3.05) is 4.90 Å². The van der Waals surface area contributed by atoms with E-state index in [1.165, 1.54) is 97.8 Å². The lowest BCUT2D eigenvalue weighted by Gasteiger charge is -2.35. The van der Waals surface area contributed by atoms with E-state index in [4.69, 9.17) is 0 Å². The van der Waals surface area contributed by atoms with Crippen molar-refractivity contribution in [2.45, 2.75) is 72.6 Å². The predicted molar refractivity (Wildman–Crippen MR) is 280 cm³/mol. The number of aryl methyl sites for hydroxylation is 1. The molecule has 0 spiro atoms. The molecule has 0 saturated carbocycles. The molecule has 1 aromatic heterocycles. The maximum Gasteiger partial charge on any atom is 0.0540 e. The molecule has 0 aliphatic heterocycles. The zero-order valence-corrected chi connectivity index (χ0v) is 39.3. The standard InChI is InChI=1S/C62H57NS/c1-40-34-35-56(53(36-40)50-28-18-24-43-23-17-27-48(59(43)50)44-37-45(61(3,4)5)39-46(38-44)62(6,7)8)63(54-31-14-12-25-47(54)42-21-10-9-11-22-42)55-32-15-13-26-49(55)51-29-19-30-52-58-41(2)20-16-33-57(58)64-60(51)52/h9-33,35-40H,34H2,1-8H3. The van der Waals surface area contributed by atoms with Gasteiger partial charge in [0.25, 0.3) is 0 Å². The highest BCUT2D eigenvalue weighted by Gasteiger charge is 2.29. The Balaban J connectivity index is 1.25. The van der Waals surface area contributed by atoms with Crippen molar-refractivity contribution >= 4 is 59.2 Å². The number of hydrogen-bond acceptors (Lipinski definition) is 2. The van der Waals surface area contributed by atoms with E-state index in [0.29, 0.717) is 5.92 Å². The van der Waals surface area contributed by atoms with Crippen molar-refractivity contribution in [1.29, 1.82) is 0 Å². The summed E-state index contributed by atoms with van der Waals surface area (Å²) in [7, 11) is 0. The lowest BCUT2D eigenvalue weighted by atomic mass is 9.78. The third-order valence-electron chi connectivity index (χ3n) is 13.2. The van der Waals surface area contributed by atoms with Crippen LogP contribution in [0, 0.1) is 12.8 Å². The van der Waals surface area contributed by atoms with E-state index in [1.807, 2.05) is 11.3 Å². The molecule has 0 fully saturated rings. The highest BCUT2D eigenvalue weighted by Crippen LogP contribution is 2.50. The summed E-state index contributed by atoms with van der Waals surface area (Å²) in [5, 5.41) is 5.21. The molecule has 0 amide bonds. The molecule has 1 atom stereocenters. The van der Waals surface area contributed by atoms with Gasteiger partial charge < -0.3 is 4.90 Å². The average Bonchev–Trinajstić information content (AvgIpc) is 3.69. The molecule has 10 rings (SSSR count). The van der Waals surface area contributed by atoms with E-state index in [-0.39, 0.29) is 10.8 Å². The molecule has 316 valence electrons. The van der Waals surface area contributed by atoms with Gasteiger partial charge in [0.1, 0.15) is 0 Å². The molecule has 1 aliphatic rings. The van der Waals surface area contributed by atoms with E-state index in [9.17, 15) is 0 Å². The van der Waals surface area contributed by atoms with E-state index in [2.05, 4.69) is 242 Å².